The van der Waals surface area contributed by atoms with E-state index in [1.807, 2.05) is 6.92 Å². The van der Waals surface area contributed by atoms with E-state index in [4.69, 9.17) is 10.5 Å². The number of nitrogens with two attached hydrogens (primary N) is 1. The first-order valence-electron chi connectivity index (χ1n) is 5.04. The lowest BCUT2D eigenvalue weighted by atomic mass is 9.64. The van der Waals surface area contributed by atoms with Gasteiger partial charge in [0.1, 0.15) is 0 Å². The van der Waals surface area contributed by atoms with Crippen molar-refractivity contribution in [3.8, 4) is 0 Å². The highest BCUT2D eigenvalue weighted by Gasteiger charge is 2.45. The zero-order valence-electron chi connectivity index (χ0n) is 8.91. The van der Waals surface area contributed by atoms with Crippen LogP contribution < -0.4 is 5.73 Å². The molecular formula is C10H19NO3. The van der Waals surface area contributed by atoms with Crippen molar-refractivity contribution in [2.45, 2.75) is 32.3 Å². The molecule has 0 aromatic heterocycles. The van der Waals surface area contributed by atoms with Crippen molar-refractivity contribution in [1.82, 2.24) is 0 Å². The highest BCUT2D eigenvalue weighted by molar-refractivity contribution is 5.70. The molecule has 0 atom stereocenters. The number of esters is 1. The lowest BCUT2D eigenvalue weighted by molar-refractivity contribution is -0.149. The standard InChI is InChI=1S/C10H19NO3/c1-3-14-8-4-10(5-8,7-11)6-9(12)13-2/h8H,3-7,11H2,1-2H3. The molecule has 14 heavy (non-hydrogen) atoms. The molecule has 0 aromatic carbocycles. The van der Waals surface area contributed by atoms with E-state index in [9.17, 15) is 4.79 Å². The van der Waals surface area contributed by atoms with Crippen LogP contribution >= 0.6 is 0 Å². The summed E-state index contributed by atoms with van der Waals surface area (Å²) in [5.41, 5.74) is 5.60. The zero-order chi connectivity index (χ0) is 10.6. The Morgan fingerprint density at radius 2 is 2.21 bits per heavy atom. The van der Waals surface area contributed by atoms with Gasteiger partial charge in [0.2, 0.25) is 0 Å². The predicted molar refractivity (Wildman–Crippen MR) is 52.8 cm³/mol. The molecule has 0 unspecified atom stereocenters. The molecule has 4 heteroatoms. The molecule has 0 saturated heterocycles. The maximum Gasteiger partial charge on any atom is 0.306 e. The Morgan fingerprint density at radius 1 is 1.57 bits per heavy atom. The lowest BCUT2D eigenvalue weighted by Gasteiger charge is -2.46. The Balaban J connectivity index is 2.36. The molecule has 0 heterocycles. The average Bonchev–Trinajstić information content (AvgIpc) is 2.14. The first kappa shape index (κ1) is 11.5. The fourth-order valence-corrected chi connectivity index (χ4v) is 2.02. The van der Waals surface area contributed by atoms with Crippen molar-refractivity contribution in [3.05, 3.63) is 0 Å². The highest BCUT2D eigenvalue weighted by Crippen LogP contribution is 2.44. The smallest absolute Gasteiger partial charge is 0.306 e. The summed E-state index contributed by atoms with van der Waals surface area (Å²) >= 11 is 0. The molecule has 0 spiro atoms. The van der Waals surface area contributed by atoms with Crippen LogP contribution in [0, 0.1) is 5.41 Å². The number of hydrogen-bond donors (Lipinski definition) is 1. The largest absolute Gasteiger partial charge is 0.469 e. The summed E-state index contributed by atoms with van der Waals surface area (Å²) in [5.74, 6) is -0.176. The third-order valence-corrected chi connectivity index (χ3v) is 2.90. The summed E-state index contributed by atoms with van der Waals surface area (Å²) in [6, 6.07) is 0. The molecule has 0 amide bonds. The van der Waals surface area contributed by atoms with Crippen molar-refractivity contribution in [1.29, 1.82) is 0 Å². The second-order valence-electron chi connectivity index (χ2n) is 3.94. The Hall–Kier alpha value is -0.610. The Labute approximate surface area is 84.7 Å². The van der Waals surface area contributed by atoms with Crippen molar-refractivity contribution in [3.63, 3.8) is 0 Å². The molecule has 2 N–H and O–H groups in total. The average molecular weight is 201 g/mol. The number of carbonyl (C=O) groups is 1. The molecule has 0 radical (unpaired) electrons. The van der Waals surface area contributed by atoms with E-state index in [2.05, 4.69) is 4.74 Å². The first-order valence-corrected chi connectivity index (χ1v) is 5.04. The molecule has 1 saturated carbocycles. The van der Waals surface area contributed by atoms with Crippen molar-refractivity contribution in [2.24, 2.45) is 11.1 Å². The summed E-state index contributed by atoms with van der Waals surface area (Å²) in [6.45, 7) is 3.23. The Kier molecular flexibility index (Phi) is 3.89. The number of rotatable bonds is 5. The van der Waals surface area contributed by atoms with Crippen LogP contribution in [0.15, 0.2) is 0 Å². The number of methoxy groups -OCH3 is 1. The number of ether oxygens (including phenoxy) is 2. The normalized spacial score (nSPS) is 30.9. The van der Waals surface area contributed by atoms with Crippen LogP contribution in [-0.2, 0) is 14.3 Å². The van der Waals surface area contributed by atoms with Crippen LogP contribution in [0.25, 0.3) is 0 Å². The minimum Gasteiger partial charge on any atom is -0.469 e. The third kappa shape index (κ3) is 2.45. The molecule has 0 aromatic rings. The van der Waals surface area contributed by atoms with E-state index in [0.717, 1.165) is 19.4 Å². The van der Waals surface area contributed by atoms with E-state index in [-0.39, 0.29) is 17.5 Å². The SMILES string of the molecule is CCOC1CC(CN)(CC(=O)OC)C1. The van der Waals surface area contributed by atoms with Gasteiger partial charge in [-0.3, -0.25) is 4.79 Å². The quantitative estimate of drug-likeness (QED) is 0.665. The second-order valence-corrected chi connectivity index (χ2v) is 3.94. The molecule has 0 bridgehead atoms. The van der Waals surface area contributed by atoms with Crippen molar-refractivity contribution < 1.29 is 14.3 Å². The van der Waals surface area contributed by atoms with Crippen LogP contribution in [0.5, 0.6) is 0 Å². The Morgan fingerprint density at radius 3 is 2.64 bits per heavy atom. The van der Waals surface area contributed by atoms with Crippen LogP contribution in [0.1, 0.15) is 26.2 Å². The topological polar surface area (TPSA) is 61.5 Å². The summed E-state index contributed by atoms with van der Waals surface area (Å²) in [5, 5.41) is 0. The second kappa shape index (κ2) is 4.75. The number of hydrogen-bond acceptors (Lipinski definition) is 4. The molecule has 1 fully saturated rings. The van der Waals surface area contributed by atoms with E-state index in [0.29, 0.717) is 13.0 Å². The zero-order valence-corrected chi connectivity index (χ0v) is 8.91. The summed E-state index contributed by atoms with van der Waals surface area (Å²) in [7, 11) is 1.41. The van der Waals surface area contributed by atoms with Crippen LogP contribution in [0.3, 0.4) is 0 Å². The van der Waals surface area contributed by atoms with Gasteiger partial charge in [-0.05, 0) is 31.7 Å². The van der Waals surface area contributed by atoms with Gasteiger partial charge in [0.25, 0.3) is 0 Å². The minimum absolute atomic E-state index is 0.0626. The lowest BCUT2D eigenvalue weighted by Crippen LogP contribution is -2.48. The molecule has 1 aliphatic rings. The van der Waals surface area contributed by atoms with Gasteiger partial charge in [-0.2, -0.15) is 0 Å². The van der Waals surface area contributed by atoms with Gasteiger partial charge in [-0.15, -0.1) is 0 Å². The molecule has 4 nitrogen and oxygen atoms in total. The summed E-state index contributed by atoms with van der Waals surface area (Å²) < 4.78 is 10.1. The van der Waals surface area contributed by atoms with Gasteiger partial charge in [-0.25, -0.2) is 0 Å². The van der Waals surface area contributed by atoms with Crippen LogP contribution in [-0.4, -0.2) is 32.3 Å². The first-order chi connectivity index (χ1) is 6.65. The molecule has 1 aliphatic carbocycles. The maximum absolute atomic E-state index is 11.1. The van der Waals surface area contributed by atoms with Gasteiger partial charge in [0.15, 0.2) is 0 Å². The van der Waals surface area contributed by atoms with Crippen LogP contribution in [0.2, 0.25) is 0 Å². The monoisotopic (exact) mass is 201 g/mol. The van der Waals surface area contributed by atoms with Gasteiger partial charge < -0.3 is 15.2 Å². The van der Waals surface area contributed by atoms with Gasteiger partial charge in [-0.1, -0.05) is 0 Å². The van der Waals surface area contributed by atoms with E-state index < -0.39 is 0 Å². The summed E-state index contributed by atoms with van der Waals surface area (Å²) in [4.78, 5) is 11.1. The van der Waals surface area contributed by atoms with E-state index in [1.165, 1.54) is 7.11 Å². The summed E-state index contributed by atoms with van der Waals surface area (Å²) in [6.07, 6.45) is 2.47. The molecule has 1 rings (SSSR count). The van der Waals surface area contributed by atoms with Gasteiger partial charge >= 0.3 is 5.97 Å². The third-order valence-electron chi connectivity index (χ3n) is 2.90. The van der Waals surface area contributed by atoms with Gasteiger partial charge in [0, 0.05) is 6.61 Å². The molecule has 0 aliphatic heterocycles. The van der Waals surface area contributed by atoms with Crippen molar-refractivity contribution >= 4 is 5.97 Å². The fourth-order valence-electron chi connectivity index (χ4n) is 2.02. The molecule has 82 valence electrons. The van der Waals surface area contributed by atoms with E-state index in [1.54, 1.807) is 0 Å². The Bertz CT molecular complexity index is 200. The highest BCUT2D eigenvalue weighted by atomic mass is 16.5. The minimum atomic E-state index is -0.176. The van der Waals surface area contributed by atoms with Crippen molar-refractivity contribution in [2.75, 3.05) is 20.3 Å². The maximum atomic E-state index is 11.1. The van der Waals surface area contributed by atoms with Crippen LogP contribution in [0.4, 0.5) is 0 Å². The predicted octanol–water partition coefficient (Wildman–Crippen LogP) is 0.694. The van der Waals surface area contributed by atoms with Gasteiger partial charge in [0.05, 0.1) is 19.6 Å². The fraction of sp³-hybridized carbons (Fsp3) is 0.900. The number of carbonyl (C=O) groups excluding carboxylic acids is 1. The molecular weight excluding hydrogens is 182 g/mol. The van der Waals surface area contributed by atoms with E-state index >= 15 is 0 Å².